The maximum absolute atomic E-state index is 13.7. The van der Waals surface area contributed by atoms with Crippen LogP contribution in [0.2, 0.25) is 0 Å². The summed E-state index contributed by atoms with van der Waals surface area (Å²) >= 11 is 0. The van der Waals surface area contributed by atoms with Crippen LogP contribution in [0.25, 0.3) is 11.3 Å². The van der Waals surface area contributed by atoms with E-state index in [1.165, 1.54) is 12.3 Å². The number of halogens is 2. The average Bonchev–Trinajstić information content (AvgIpc) is 2.99. The summed E-state index contributed by atoms with van der Waals surface area (Å²) in [6.45, 7) is 6.29. The van der Waals surface area contributed by atoms with E-state index >= 15 is 0 Å². The van der Waals surface area contributed by atoms with Crippen LogP contribution in [0.15, 0.2) is 28.8 Å². The standard InChI is InChI=1S/C19H24F2N2O2/c1-12(2)4-5-13(3)23-18(24)8-9-19-22-11-17(25-19)15-7-6-14(20)10-16(15)21/h6-7,10-13H,4-5,8-9H2,1-3H3,(H,23,24). The Bertz CT molecular complexity index is 713. The molecule has 0 bridgehead atoms. The molecule has 0 radical (unpaired) electrons. The Balaban J connectivity index is 1.86. The van der Waals surface area contributed by atoms with Gasteiger partial charge in [0, 0.05) is 24.9 Å². The summed E-state index contributed by atoms with van der Waals surface area (Å²) in [7, 11) is 0. The van der Waals surface area contributed by atoms with Crippen molar-refractivity contribution in [3.05, 3.63) is 41.9 Å². The van der Waals surface area contributed by atoms with Gasteiger partial charge >= 0.3 is 0 Å². The first kappa shape index (κ1) is 19.1. The quantitative estimate of drug-likeness (QED) is 0.763. The van der Waals surface area contributed by atoms with Crippen LogP contribution in [0.1, 0.15) is 45.9 Å². The number of oxazole rings is 1. The van der Waals surface area contributed by atoms with Gasteiger partial charge in [-0.3, -0.25) is 4.79 Å². The number of benzene rings is 1. The second-order valence-electron chi connectivity index (χ2n) is 6.68. The summed E-state index contributed by atoms with van der Waals surface area (Å²) in [6, 6.07) is 3.39. The Hall–Kier alpha value is -2.24. The number of hydrogen-bond donors (Lipinski definition) is 1. The lowest BCUT2D eigenvalue weighted by Crippen LogP contribution is -2.32. The van der Waals surface area contributed by atoms with Gasteiger partial charge in [0.15, 0.2) is 11.7 Å². The smallest absolute Gasteiger partial charge is 0.220 e. The molecule has 1 aromatic heterocycles. The molecule has 1 unspecified atom stereocenters. The molecule has 1 heterocycles. The van der Waals surface area contributed by atoms with Crippen LogP contribution in [0, 0.1) is 17.6 Å². The number of rotatable bonds is 8. The largest absolute Gasteiger partial charge is 0.441 e. The average molecular weight is 350 g/mol. The molecular formula is C19H24F2N2O2. The molecule has 25 heavy (non-hydrogen) atoms. The van der Waals surface area contributed by atoms with E-state index in [4.69, 9.17) is 4.42 Å². The molecule has 2 rings (SSSR count). The number of amides is 1. The lowest BCUT2D eigenvalue weighted by Gasteiger charge is -2.14. The van der Waals surface area contributed by atoms with Crippen molar-refractivity contribution in [2.45, 2.75) is 52.5 Å². The Labute approximate surface area is 146 Å². The molecule has 4 nitrogen and oxygen atoms in total. The SMILES string of the molecule is CC(C)CCC(C)NC(=O)CCc1ncc(-c2ccc(F)cc2F)o1. The van der Waals surface area contributed by atoms with Crippen LogP contribution >= 0.6 is 0 Å². The van der Waals surface area contributed by atoms with E-state index in [-0.39, 0.29) is 29.7 Å². The zero-order valence-corrected chi connectivity index (χ0v) is 14.8. The second-order valence-corrected chi connectivity index (χ2v) is 6.68. The van der Waals surface area contributed by atoms with Crippen molar-refractivity contribution in [1.82, 2.24) is 10.3 Å². The van der Waals surface area contributed by atoms with Gasteiger partial charge < -0.3 is 9.73 Å². The summed E-state index contributed by atoms with van der Waals surface area (Å²) in [5.74, 6) is -0.244. The number of hydrogen-bond acceptors (Lipinski definition) is 3. The Morgan fingerprint density at radius 1 is 1.24 bits per heavy atom. The molecule has 136 valence electrons. The predicted octanol–water partition coefficient (Wildman–Crippen LogP) is 4.49. The summed E-state index contributed by atoms with van der Waals surface area (Å²) < 4.78 is 32.2. The van der Waals surface area contributed by atoms with E-state index in [0.29, 0.717) is 18.2 Å². The van der Waals surface area contributed by atoms with E-state index in [0.717, 1.165) is 25.0 Å². The molecule has 0 saturated carbocycles. The van der Waals surface area contributed by atoms with Crippen molar-refractivity contribution in [3.63, 3.8) is 0 Å². The fourth-order valence-electron chi connectivity index (χ4n) is 2.46. The van der Waals surface area contributed by atoms with Gasteiger partial charge in [-0.1, -0.05) is 13.8 Å². The number of nitrogens with zero attached hydrogens (tertiary/aromatic N) is 1. The van der Waals surface area contributed by atoms with Crippen molar-refractivity contribution >= 4 is 5.91 Å². The highest BCUT2D eigenvalue weighted by Gasteiger charge is 2.14. The fraction of sp³-hybridized carbons (Fsp3) is 0.474. The molecule has 1 amide bonds. The number of aromatic nitrogens is 1. The Morgan fingerprint density at radius 2 is 2.00 bits per heavy atom. The monoisotopic (exact) mass is 350 g/mol. The highest BCUT2D eigenvalue weighted by Crippen LogP contribution is 2.24. The van der Waals surface area contributed by atoms with Gasteiger partial charge in [0.2, 0.25) is 5.91 Å². The molecule has 1 atom stereocenters. The highest BCUT2D eigenvalue weighted by atomic mass is 19.1. The summed E-state index contributed by atoms with van der Waals surface area (Å²) in [4.78, 5) is 16.0. The topological polar surface area (TPSA) is 55.1 Å². The van der Waals surface area contributed by atoms with Crippen molar-refractivity contribution in [1.29, 1.82) is 0 Å². The molecule has 1 aromatic carbocycles. The fourth-order valence-corrected chi connectivity index (χ4v) is 2.46. The van der Waals surface area contributed by atoms with E-state index in [9.17, 15) is 13.6 Å². The van der Waals surface area contributed by atoms with Crippen molar-refractivity contribution < 1.29 is 18.0 Å². The Kier molecular flexibility index (Phi) is 6.67. The number of aryl methyl sites for hydroxylation is 1. The molecule has 0 fully saturated rings. The number of carbonyl (C=O) groups is 1. The molecule has 1 N–H and O–H groups in total. The molecular weight excluding hydrogens is 326 g/mol. The van der Waals surface area contributed by atoms with E-state index in [1.54, 1.807) is 0 Å². The summed E-state index contributed by atoms with van der Waals surface area (Å²) in [6.07, 6.45) is 3.96. The van der Waals surface area contributed by atoms with Gasteiger partial charge in [-0.05, 0) is 37.8 Å². The van der Waals surface area contributed by atoms with Crippen LogP contribution < -0.4 is 5.32 Å². The summed E-state index contributed by atoms with van der Waals surface area (Å²) in [5.41, 5.74) is 0.145. The van der Waals surface area contributed by atoms with Crippen LogP contribution in [0.3, 0.4) is 0 Å². The summed E-state index contributed by atoms with van der Waals surface area (Å²) in [5, 5.41) is 2.95. The number of carbonyl (C=O) groups excluding carboxylic acids is 1. The maximum Gasteiger partial charge on any atom is 0.220 e. The van der Waals surface area contributed by atoms with E-state index in [2.05, 4.69) is 24.1 Å². The van der Waals surface area contributed by atoms with Gasteiger partial charge in [0.05, 0.1) is 11.8 Å². The molecule has 0 saturated heterocycles. The zero-order valence-electron chi connectivity index (χ0n) is 14.8. The third-order valence-corrected chi connectivity index (χ3v) is 3.90. The first-order valence-corrected chi connectivity index (χ1v) is 8.54. The zero-order chi connectivity index (χ0) is 18.4. The van der Waals surface area contributed by atoms with Crippen molar-refractivity contribution in [3.8, 4) is 11.3 Å². The predicted molar refractivity (Wildman–Crippen MR) is 91.9 cm³/mol. The molecule has 2 aromatic rings. The third-order valence-electron chi connectivity index (χ3n) is 3.90. The maximum atomic E-state index is 13.7. The normalized spacial score (nSPS) is 12.4. The van der Waals surface area contributed by atoms with Crippen molar-refractivity contribution in [2.24, 2.45) is 5.92 Å². The van der Waals surface area contributed by atoms with Crippen LogP contribution in [-0.4, -0.2) is 16.9 Å². The van der Waals surface area contributed by atoms with E-state index < -0.39 is 11.6 Å². The first-order chi connectivity index (χ1) is 11.8. The van der Waals surface area contributed by atoms with Crippen LogP contribution in [-0.2, 0) is 11.2 Å². The van der Waals surface area contributed by atoms with Crippen LogP contribution in [0.4, 0.5) is 8.78 Å². The van der Waals surface area contributed by atoms with Crippen molar-refractivity contribution in [2.75, 3.05) is 0 Å². The van der Waals surface area contributed by atoms with Gasteiger partial charge in [0.1, 0.15) is 11.6 Å². The highest BCUT2D eigenvalue weighted by molar-refractivity contribution is 5.76. The van der Waals surface area contributed by atoms with Gasteiger partial charge in [-0.15, -0.1) is 0 Å². The van der Waals surface area contributed by atoms with E-state index in [1.807, 2.05) is 6.92 Å². The minimum absolute atomic E-state index is 0.0658. The lowest BCUT2D eigenvalue weighted by atomic mass is 10.0. The lowest BCUT2D eigenvalue weighted by molar-refractivity contribution is -0.121. The molecule has 0 aliphatic rings. The second kappa shape index (κ2) is 8.74. The Morgan fingerprint density at radius 3 is 2.68 bits per heavy atom. The first-order valence-electron chi connectivity index (χ1n) is 8.54. The van der Waals surface area contributed by atoms with Crippen LogP contribution in [0.5, 0.6) is 0 Å². The van der Waals surface area contributed by atoms with Gasteiger partial charge in [-0.25, -0.2) is 13.8 Å². The van der Waals surface area contributed by atoms with Gasteiger partial charge in [0.25, 0.3) is 0 Å². The van der Waals surface area contributed by atoms with Gasteiger partial charge in [-0.2, -0.15) is 0 Å². The molecule has 6 heteroatoms. The minimum Gasteiger partial charge on any atom is -0.441 e. The third kappa shape index (κ3) is 5.96. The molecule has 0 aliphatic heterocycles. The molecule has 0 aliphatic carbocycles. The minimum atomic E-state index is -0.709. The number of nitrogens with one attached hydrogen (secondary N) is 1. The molecule has 0 spiro atoms.